The van der Waals surface area contributed by atoms with Crippen LogP contribution in [0.5, 0.6) is 0 Å². The summed E-state index contributed by atoms with van der Waals surface area (Å²) in [4.78, 5) is 24.4. The van der Waals surface area contributed by atoms with Gasteiger partial charge in [0.15, 0.2) is 5.78 Å². The summed E-state index contributed by atoms with van der Waals surface area (Å²) in [5, 5.41) is 6.25. The van der Waals surface area contributed by atoms with Crippen LogP contribution in [0.4, 0.5) is 0 Å². The predicted molar refractivity (Wildman–Crippen MR) is 126 cm³/mol. The van der Waals surface area contributed by atoms with Crippen molar-refractivity contribution >= 4 is 39.2 Å². The molecule has 0 radical (unpaired) electrons. The van der Waals surface area contributed by atoms with Crippen molar-refractivity contribution < 1.29 is 9.59 Å². The van der Waals surface area contributed by atoms with Gasteiger partial charge in [-0.2, -0.15) is 5.10 Å². The summed E-state index contributed by atoms with van der Waals surface area (Å²) in [6.45, 7) is 8.19. The van der Waals surface area contributed by atoms with Crippen LogP contribution in [0.1, 0.15) is 47.8 Å². The number of amides is 1. The van der Waals surface area contributed by atoms with Crippen LogP contribution in [-0.2, 0) is 11.3 Å². The van der Waals surface area contributed by atoms with Crippen molar-refractivity contribution in [2.45, 2.75) is 34.2 Å². The smallest absolute Gasteiger partial charge is 0.236 e. The number of hydrogen-bond acceptors (Lipinski definition) is 3. The molecule has 0 aliphatic carbocycles. The fourth-order valence-electron chi connectivity index (χ4n) is 4.02. The van der Waals surface area contributed by atoms with Crippen molar-refractivity contribution in [3.8, 4) is 0 Å². The van der Waals surface area contributed by atoms with Gasteiger partial charge >= 0.3 is 0 Å². The molecule has 1 aromatic heterocycles. The normalized spacial score (nSPS) is 11.8. The lowest BCUT2D eigenvalue weighted by Gasteiger charge is -2.06. The van der Waals surface area contributed by atoms with Crippen LogP contribution in [0, 0.1) is 6.92 Å². The number of carbonyl (C=O) groups is 2. The fourth-order valence-corrected chi connectivity index (χ4v) is 4.02. The number of carbonyl (C=O) groups excluding carboxylic acids is 2. The molecule has 3 aromatic carbocycles. The summed E-state index contributed by atoms with van der Waals surface area (Å²) in [5.74, 6) is -0.181. The Morgan fingerprint density at radius 2 is 1.52 bits per heavy atom. The number of rotatable bonds is 5. The Bertz CT molecular complexity index is 1360. The Morgan fingerprint density at radius 3 is 2.13 bits per heavy atom. The molecule has 0 fully saturated rings. The minimum Gasteiger partial charge on any atom is -0.341 e. The van der Waals surface area contributed by atoms with Crippen LogP contribution in [0.3, 0.4) is 0 Å². The van der Waals surface area contributed by atoms with Crippen molar-refractivity contribution in [3.05, 3.63) is 82.9 Å². The summed E-state index contributed by atoms with van der Waals surface area (Å²) in [7, 11) is 0. The van der Waals surface area contributed by atoms with Crippen molar-refractivity contribution in [2.75, 3.05) is 0 Å². The van der Waals surface area contributed by atoms with E-state index >= 15 is 0 Å². The van der Waals surface area contributed by atoms with E-state index in [2.05, 4.69) is 34.2 Å². The summed E-state index contributed by atoms with van der Waals surface area (Å²) in [6.07, 6.45) is 0. The molecule has 1 amide bonds. The summed E-state index contributed by atoms with van der Waals surface area (Å²) < 4.78 is 2.25. The third-order valence-electron chi connectivity index (χ3n) is 5.63. The standard InChI is InChI=1S/C26H25N3O2/c1-5-29-24-12-10-19(17(3)27-28-18(4)30)14-22(24)23-15-20(11-13-25(23)29)26(31)21-9-7-6-8-16(21)2/h6-15H,5H2,1-4H3,(H,28,30)/b27-17+. The molecule has 0 saturated heterocycles. The zero-order valence-electron chi connectivity index (χ0n) is 18.2. The van der Waals surface area contributed by atoms with Gasteiger partial charge in [0.1, 0.15) is 0 Å². The lowest BCUT2D eigenvalue weighted by Crippen LogP contribution is -2.14. The number of hydrogen-bond donors (Lipinski definition) is 1. The maximum absolute atomic E-state index is 13.2. The lowest BCUT2D eigenvalue weighted by atomic mass is 9.97. The quantitative estimate of drug-likeness (QED) is 0.278. The van der Waals surface area contributed by atoms with Gasteiger partial charge < -0.3 is 4.57 Å². The van der Waals surface area contributed by atoms with E-state index in [-0.39, 0.29) is 11.7 Å². The molecule has 0 bridgehead atoms. The number of fused-ring (bicyclic) bond motifs is 3. The van der Waals surface area contributed by atoms with Gasteiger partial charge in [-0.1, -0.05) is 30.3 Å². The Morgan fingerprint density at radius 1 is 0.903 bits per heavy atom. The topological polar surface area (TPSA) is 63.5 Å². The molecule has 0 aliphatic heterocycles. The SMILES string of the molecule is CCn1c2ccc(C(=O)c3ccccc3C)cc2c2cc(/C(C)=N/NC(C)=O)ccc21. The second-order valence-corrected chi connectivity index (χ2v) is 7.72. The number of aryl methyl sites for hydroxylation is 2. The van der Waals surface area contributed by atoms with E-state index in [0.717, 1.165) is 50.8 Å². The number of aromatic nitrogens is 1. The first-order valence-corrected chi connectivity index (χ1v) is 10.4. The first-order valence-electron chi connectivity index (χ1n) is 10.4. The molecular formula is C26H25N3O2. The summed E-state index contributed by atoms with van der Waals surface area (Å²) >= 11 is 0. The largest absolute Gasteiger partial charge is 0.341 e. The zero-order valence-corrected chi connectivity index (χ0v) is 18.2. The highest BCUT2D eigenvalue weighted by Crippen LogP contribution is 2.31. The van der Waals surface area contributed by atoms with Crippen molar-refractivity contribution in [1.29, 1.82) is 0 Å². The molecule has 0 atom stereocenters. The van der Waals surface area contributed by atoms with Crippen LogP contribution in [0.2, 0.25) is 0 Å². The molecule has 5 heteroatoms. The number of hydrazone groups is 1. The van der Waals surface area contributed by atoms with E-state index in [4.69, 9.17) is 0 Å². The van der Waals surface area contributed by atoms with E-state index in [9.17, 15) is 9.59 Å². The van der Waals surface area contributed by atoms with Crippen LogP contribution in [-0.4, -0.2) is 22.0 Å². The highest BCUT2D eigenvalue weighted by molar-refractivity contribution is 6.16. The summed E-state index contributed by atoms with van der Waals surface area (Å²) in [5.41, 5.74) is 8.70. The Kier molecular flexibility index (Phi) is 5.42. The highest BCUT2D eigenvalue weighted by Gasteiger charge is 2.16. The maximum Gasteiger partial charge on any atom is 0.236 e. The lowest BCUT2D eigenvalue weighted by molar-refractivity contribution is -0.118. The average Bonchev–Trinajstić information content (AvgIpc) is 3.09. The van der Waals surface area contributed by atoms with Gasteiger partial charge in [0, 0.05) is 46.4 Å². The number of nitrogens with zero attached hydrogens (tertiary/aromatic N) is 2. The third kappa shape index (κ3) is 3.75. The zero-order chi connectivity index (χ0) is 22.1. The van der Waals surface area contributed by atoms with E-state index < -0.39 is 0 Å². The van der Waals surface area contributed by atoms with E-state index in [1.165, 1.54) is 6.92 Å². The Balaban J connectivity index is 1.89. The molecular weight excluding hydrogens is 386 g/mol. The molecule has 4 rings (SSSR count). The molecule has 0 saturated carbocycles. The van der Waals surface area contributed by atoms with Gasteiger partial charge in [-0.3, -0.25) is 9.59 Å². The first-order chi connectivity index (χ1) is 14.9. The second-order valence-electron chi connectivity index (χ2n) is 7.72. The molecule has 1 heterocycles. The molecule has 0 spiro atoms. The number of nitrogens with one attached hydrogen (secondary N) is 1. The number of benzene rings is 3. The fraction of sp³-hybridized carbons (Fsp3) is 0.192. The van der Waals surface area contributed by atoms with Crippen molar-refractivity contribution in [3.63, 3.8) is 0 Å². The van der Waals surface area contributed by atoms with Gasteiger partial charge in [-0.15, -0.1) is 0 Å². The van der Waals surface area contributed by atoms with Crippen molar-refractivity contribution in [1.82, 2.24) is 9.99 Å². The first kappa shape index (κ1) is 20.5. The maximum atomic E-state index is 13.2. The van der Waals surface area contributed by atoms with E-state index in [1.807, 2.05) is 62.4 Å². The molecule has 1 N–H and O–H groups in total. The molecule has 31 heavy (non-hydrogen) atoms. The van der Waals surface area contributed by atoms with Crippen LogP contribution in [0.15, 0.2) is 65.8 Å². The van der Waals surface area contributed by atoms with E-state index in [1.54, 1.807) is 0 Å². The minimum absolute atomic E-state index is 0.0250. The predicted octanol–water partition coefficient (Wildman–Crippen LogP) is 5.21. The minimum atomic E-state index is -0.206. The molecule has 0 aliphatic rings. The molecule has 5 nitrogen and oxygen atoms in total. The van der Waals surface area contributed by atoms with Crippen LogP contribution >= 0.6 is 0 Å². The molecule has 0 unspecified atom stereocenters. The van der Waals surface area contributed by atoms with Gasteiger partial charge in [0.05, 0.1) is 5.71 Å². The van der Waals surface area contributed by atoms with E-state index in [0.29, 0.717) is 5.56 Å². The van der Waals surface area contributed by atoms with Gasteiger partial charge in [0.25, 0.3) is 0 Å². The van der Waals surface area contributed by atoms with Gasteiger partial charge in [-0.25, -0.2) is 5.43 Å². The molecule has 156 valence electrons. The van der Waals surface area contributed by atoms with Crippen LogP contribution in [0.25, 0.3) is 21.8 Å². The molecule has 4 aromatic rings. The highest BCUT2D eigenvalue weighted by atomic mass is 16.2. The Labute approximate surface area is 181 Å². The van der Waals surface area contributed by atoms with Gasteiger partial charge in [0.2, 0.25) is 5.91 Å². The number of ketones is 1. The summed E-state index contributed by atoms with van der Waals surface area (Å²) in [6, 6.07) is 19.7. The average molecular weight is 412 g/mol. The Hall–Kier alpha value is -3.73. The third-order valence-corrected chi connectivity index (χ3v) is 5.63. The second kappa shape index (κ2) is 8.19. The van der Waals surface area contributed by atoms with Gasteiger partial charge in [-0.05, 0) is 62.2 Å². The monoisotopic (exact) mass is 411 g/mol. The van der Waals surface area contributed by atoms with Crippen LogP contribution < -0.4 is 5.43 Å². The van der Waals surface area contributed by atoms with Crippen molar-refractivity contribution in [2.24, 2.45) is 5.10 Å².